The Kier molecular flexibility index (Phi) is 7.30. The lowest BCUT2D eigenvalue weighted by Gasteiger charge is -2.34. The van der Waals surface area contributed by atoms with Gasteiger partial charge in [0.1, 0.15) is 0 Å². The number of hydrogen-bond acceptors (Lipinski definition) is 4. The number of rotatable bonds is 8. The van der Waals surface area contributed by atoms with Gasteiger partial charge >= 0.3 is 0 Å². The molecule has 1 saturated heterocycles. The normalized spacial score (nSPS) is 24.3. The van der Waals surface area contributed by atoms with Crippen molar-refractivity contribution in [1.29, 1.82) is 0 Å². The number of ether oxygens (including phenoxy) is 1. The van der Waals surface area contributed by atoms with Crippen LogP contribution >= 0.6 is 0 Å². The van der Waals surface area contributed by atoms with Gasteiger partial charge in [0.2, 0.25) is 11.8 Å². The molecule has 27 heavy (non-hydrogen) atoms. The minimum absolute atomic E-state index is 0.0388. The molecular weight excluding hydrogens is 342 g/mol. The summed E-state index contributed by atoms with van der Waals surface area (Å²) in [5.74, 6) is -0.0905. The van der Waals surface area contributed by atoms with E-state index < -0.39 is 0 Å². The van der Waals surface area contributed by atoms with E-state index in [0.717, 1.165) is 58.0 Å². The van der Waals surface area contributed by atoms with Gasteiger partial charge < -0.3 is 20.3 Å². The number of likely N-dealkylation sites (tertiary alicyclic amines) is 1. The summed E-state index contributed by atoms with van der Waals surface area (Å²) in [5, 5.41) is 5.96. The fourth-order valence-electron chi connectivity index (χ4n) is 4.45. The quantitative estimate of drug-likeness (QED) is 0.636. The third-order valence-corrected chi connectivity index (χ3v) is 6.12. The number of amides is 2. The van der Waals surface area contributed by atoms with Crippen molar-refractivity contribution in [2.24, 2.45) is 0 Å². The monoisotopic (exact) mass is 377 g/mol. The molecule has 1 aliphatic carbocycles. The van der Waals surface area contributed by atoms with E-state index in [1.54, 1.807) is 0 Å². The fourth-order valence-corrected chi connectivity index (χ4v) is 4.45. The molecule has 0 aromatic rings. The molecule has 2 heterocycles. The Morgan fingerprint density at radius 2 is 2.04 bits per heavy atom. The van der Waals surface area contributed by atoms with E-state index in [9.17, 15) is 9.59 Å². The molecule has 6 heteroatoms. The molecule has 0 spiro atoms. The zero-order valence-electron chi connectivity index (χ0n) is 16.9. The number of piperidine rings is 1. The molecule has 0 aromatic heterocycles. The smallest absolute Gasteiger partial charge is 0.248 e. The molecule has 1 atom stereocenters. The zero-order chi connectivity index (χ0) is 19.2. The van der Waals surface area contributed by atoms with Gasteiger partial charge in [-0.15, -0.1) is 0 Å². The molecular formula is C21H35N3O3. The highest BCUT2D eigenvalue weighted by molar-refractivity contribution is 6.02. The predicted molar refractivity (Wildman–Crippen MR) is 105 cm³/mol. The summed E-state index contributed by atoms with van der Waals surface area (Å²) >= 11 is 0. The van der Waals surface area contributed by atoms with Crippen LogP contribution in [0.5, 0.6) is 0 Å². The van der Waals surface area contributed by atoms with E-state index in [-0.39, 0.29) is 24.3 Å². The second kappa shape index (κ2) is 9.69. The molecule has 3 rings (SSSR count). The van der Waals surface area contributed by atoms with Crippen molar-refractivity contribution in [3.8, 4) is 0 Å². The Morgan fingerprint density at radius 1 is 1.26 bits per heavy atom. The molecule has 0 radical (unpaired) electrons. The molecule has 0 aromatic carbocycles. The predicted octanol–water partition coefficient (Wildman–Crippen LogP) is 2.14. The van der Waals surface area contributed by atoms with Gasteiger partial charge in [0.25, 0.3) is 0 Å². The number of nitrogens with one attached hydrogen (secondary N) is 2. The van der Waals surface area contributed by atoms with E-state index in [1.165, 1.54) is 5.57 Å². The summed E-state index contributed by atoms with van der Waals surface area (Å²) < 4.78 is 5.96. The van der Waals surface area contributed by atoms with Gasteiger partial charge in [0.15, 0.2) is 0 Å². The average molecular weight is 378 g/mol. The van der Waals surface area contributed by atoms with E-state index >= 15 is 0 Å². The van der Waals surface area contributed by atoms with Gasteiger partial charge in [-0.3, -0.25) is 9.59 Å². The summed E-state index contributed by atoms with van der Waals surface area (Å²) in [7, 11) is 0. The summed E-state index contributed by atoms with van der Waals surface area (Å²) in [4.78, 5) is 26.8. The first kappa shape index (κ1) is 20.3. The van der Waals surface area contributed by atoms with Crippen LogP contribution in [0, 0.1) is 0 Å². The van der Waals surface area contributed by atoms with Gasteiger partial charge in [0, 0.05) is 37.9 Å². The highest BCUT2D eigenvalue weighted by Crippen LogP contribution is 2.32. The maximum Gasteiger partial charge on any atom is 0.248 e. The minimum Gasteiger partial charge on any atom is -0.378 e. The molecule has 3 aliphatic rings. The maximum atomic E-state index is 12.2. The first-order chi connectivity index (χ1) is 13.0. The van der Waals surface area contributed by atoms with Crippen LogP contribution in [0.4, 0.5) is 0 Å². The van der Waals surface area contributed by atoms with Gasteiger partial charge in [0.05, 0.1) is 18.6 Å². The van der Waals surface area contributed by atoms with Crippen molar-refractivity contribution in [2.75, 3.05) is 26.2 Å². The average Bonchev–Trinajstić information content (AvgIpc) is 2.97. The summed E-state index contributed by atoms with van der Waals surface area (Å²) in [6, 6.07) is 0.799. The first-order valence-electron chi connectivity index (χ1n) is 10.7. The van der Waals surface area contributed by atoms with Crippen LogP contribution in [0.3, 0.4) is 0 Å². The molecule has 0 bridgehead atoms. The lowest BCUT2D eigenvalue weighted by molar-refractivity contribution is -0.123. The first-order valence-corrected chi connectivity index (χ1v) is 10.7. The van der Waals surface area contributed by atoms with E-state index in [0.29, 0.717) is 30.9 Å². The number of nitrogens with zero attached hydrogens (tertiary/aromatic N) is 1. The topological polar surface area (TPSA) is 70.7 Å². The molecule has 6 nitrogen and oxygen atoms in total. The summed E-state index contributed by atoms with van der Waals surface area (Å²) in [6.45, 7) is 7.99. The summed E-state index contributed by atoms with van der Waals surface area (Å²) in [5.41, 5.74) is 1.89. The number of fused-ring (bicyclic) bond motifs is 1. The van der Waals surface area contributed by atoms with Crippen molar-refractivity contribution >= 4 is 11.8 Å². The lowest BCUT2D eigenvalue weighted by atomic mass is 9.88. The van der Waals surface area contributed by atoms with Crippen LogP contribution < -0.4 is 10.6 Å². The van der Waals surface area contributed by atoms with Gasteiger partial charge in [-0.1, -0.05) is 6.42 Å². The number of carbonyl (C=O) groups excluding carboxylic acids is 2. The molecule has 2 N–H and O–H groups in total. The largest absolute Gasteiger partial charge is 0.378 e. The Hall–Kier alpha value is -1.40. The fraction of sp³-hybridized carbons (Fsp3) is 0.810. The number of carbonyl (C=O) groups is 2. The van der Waals surface area contributed by atoms with E-state index in [2.05, 4.69) is 29.4 Å². The van der Waals surface area contributed by atoms with Crippen molar-refractivity contribution in [3.63, 3.8) is 0 Å². The highest BCUT2D eigenvalue weighted by atomic mass is 16.5. The van der Waals surface area contributed by atoms with E-state index in [4.69, 9.17) is 4.74 Å². The van der Waals surface area contributed by atoms with Crippen LogP contribution in [0.2, 0.25) is 0 Å². The standard InChI is InChI=1S/C21H35N3O3/c1-15(2)24-11-8-16(9-12-24)27-13-5-10-22-20(25)14-18-17-6-3-4-7-19(17)23-21(18)26/h15-16,19H,3-14H2,1-2H3,(H,22,25)(H,23,26). The molecule has 152 valence electrons. The lowest BCUT2D eigenvalue weighted by Crippen LogP contribution is -2.41. The van der Waals surface area contributed by atoms with Crippen LogP contribution in [0.1, 0.15) is 65.2 Å². The summed E-state index contributed by atoms with van der Waals surface area (Å²) in [6.07, 6.45) is 7.82. The van der Waals surface area contributed by atoms with E-state index in [1.807, 2.05) is 0 Å². The second-order valence-electron chi connectivity index (χ2n) is 8.36. The Bertz CT molecular complexity index is 565. The molecule has 2 amide bonds. The molecule has 2 aliphatic heterocycles. The SMILES string of the molecule is CC(C)N1CCC(OCCCNC(=O)CC2=C3CCCCC3NC2=O)CC1. The second-order valence-corrected chi connectivity index (χ2v) is 8.36. The van der Waals surface area contributed by atoms with Crippen LogP contribution in [0.15, 0.2) is 11.1 Å². The van der Waals surface area contributed by atoms with Crippen LogP contribution in [-0.4, -0.2) is 61.1 Å². The maximum absolute atomic E-state index is 12.2. The van der Waals surface area contributed by atoms with Crippen LogP contribution in [-0.2, 0) is 14.3 Å². The van der Waals surface area contributed by atoms with Crippen molar-refractivity contribution < 1.29 is 14.3 Å². The van der Waals surface area contributed by atoms with Crippen molar-refractivity contribution in [3.05, 3.63) is 11.1 Å². The Labute approximate surface area is 163 Å². The van der Waals surface area contributed by atoms with Gasteiger partial charge in [-0.05, 0) is 57.9 Å². The van der Waals surface area contributed by atoms with Crippen molar-refractivity contribution in [1.82, 2.24) is 15.5 Å². The highest BCUT2D eigenvalue weighted by Gasteiger charge is 2.33. The molecule has 2 fully saturated rings. The van der Waals surface area contributed by atoms with Gasteiger partial charge in [-0.2, -0.15) is 0 Å². The minimum atomic E-state index is -0.0517. The Morgan fingerprint density at radius 3 is 2.78 bits per heavy atom. The van der Waals surface area contributed by atoms with Crippen molar-refractivity contribution in [2.45, 2.75) is 83.4 Å². The molecule has 1 unspecified atom stereocenters. The third kappa shape index (κ3) is 5.55. The van der Waals surface area contributed by atoms with Gasteiger partial charge in [-0.25, -0.2) is 0 Å². The molecule has 1 saturated carbocycles. The third-order valence-electron chi connectivity index (χ3n) is 6.12. The Balaban J connectivity index is 1.30. The van der Waals surface area contributed by atoms with Crippen LogP contribution in [0.25, 0.3) is 0 Å². The number of hydrogen-bond donors (Lipinski definition) is 2. The zero-order valence-corrected chi connectivity index (χ0v) is 16.9.